The maximum absolute atomic E-state index is 11.9. The maximum Gasteiger partial charge on any atom is 0.313 e. The van der Waals surface area contributed by atoms with E-state index in [9.17, 15) is 9.59 Å². The molecule has 1 aromatic carbocycles. The van der Waals surface area contributed by atoms with Crippen LogP contribution in [-0.4, -0.2) is 34.6 Å². The first kappa shape index (κ1) is 16.0. The zero-order valence-electron chi connectivity index (χ0n) is 12.8. The molecule has 2 rings (SSSR count). The largest absolute Gasteiger partial charge is 0.396 e. The van der Waals surface area contributed by atoms with Crippen LogP contribution in [0.25, 0.3) is 10.9 Å². The Hall–Kier alpha value is -2.34. The van der Waals surface area contributed by atoms with Crippen molar-refractivity contribution < 1.29 is 14.7 Å². The highest BCUT2D eigenvalue weighted by Crippen LogP contribution is 2.19. The lowest BCUT2D eigenvalue weighted by Crippen LogP contribution is -2.37. The topological polar surface area (TPSA) is 83.4 Å². The number of hydrogen-bond donors (Lipinski definition) is 3. The second kappa shape index (κ2) is 7.09. The number of aromatic nitrogens is 1. The molecule has 0 saturated carbocycles. The lowest BCUT2D eigenvalue weighted by atomic mass is 10.1. The molecule has 0 saturated heterocycles. The minimum absolute atomic E-state index is 0.0694. The highest BCUT2D eigenvalue weighted by molar-refractivity contribution is 6.39. The van der Waals surface area contributed by atoms with Gasteiger partial charge in [0, 0.05) is 37.6 Å². The van der Waals surface area contributed by atoms with E-state index in [0.717, 1.165) is 10.9 Å². The van der Waals surface area contributed by atoms with Gasteiger partial charge in [0.15, 0.2) is 0 Å². The SMILES string of the molecule is CC(CCO)CNC(=O)C(=O)Nc1ccc2ccn(C)c2c1. The highest BCUT2D eigenvalue weighted by atomic mass is 16.3. The van der Waals surface area contributed by atoms with E-state index in [1.54, 1.807) is 6.07 Å². The Labute approximate surface area is 129 Å². The standard InChI is InChI=1S/C16H21N3O3/c1-11(6-8-20)10-17-15(21)16(22)18-13-4-3-12-5-7-19(2)14(12)9-13/h3-5,7,9,11,20H,6,8,10H2,1-2H3,(H,17,21)(H,18,22). The fraction of sp³-hybridized carbons (Fsp3) is 0.375. The number of carbonyl (C=O) groups is 2. The van der Waals surface area contributed by atoms with Crippen LogP contribution in [0.3, 0.4) is 0 Å². The molecule has 1 aromatic heterocycles. The average Bonchev–Trinajstić information content (AvgIpc) is 2.86. The second-order valence-corrected chi connectivity index (χ2v) is 5.48. The van der Waals surface area contributed by atoms with Gasteiger partial charge >= 0.3 is 11.8 Å². The van der Waals surface area contributed by atoms with Crippen molar-refractivity contribution >= 4 is 28.4 Å². The molecule has 0 aliphatic carbocycles. The predicted octanol–water partition coefficient (Wildman–Crippen LogP) is 1.25. The Morgan fingerprint density at radius 1 is 1.27 bits per heavy atom. The van der Waals surface area contributed by atoms with Crippen molar-refractivity contribution in [3.63, 3.8) is 0 Å². The summed E-state index contributed by atoms with van der Waals surface area (Å²) in [6, 6.07) is 7.47. The van der Waals surface area contributed by atoms with Gasteiger partial charge in [-0.3, -0.25) is 9.59 Å². The molecule has 1 heterocycles. The van der Waals surface area contributed by atoms with Crippen molar-refractivity contribution in [1.29, 1.82) is 0 Å². The zero-order chi connectivity index (χ0) is 16.1. The lowest BCUT2D eigenvalue weighted by Gasteiger charge is -2.11. The third kappa shape index (κ3) is 3.85. The molecule has 118 valence electrons. The Bertz CT molecular complexity index is 678. The van der Waals surface area contributed by atoms with Crippen molar-refractivity contribution in [2.75, 3.05) is 18.5 Å². The number of aliphatic hydroxyl groups excluding tert-OH is 1. The minimum atomic E-state index is -0.690. The van der Waals surface area contributed by atoms with Crippen molar-refractivity contribution in [2.24, 2.45) is 13.0 Å². The van der Waals surface area contributed by atoms with E-state index >= 15 is 0 Å². The summed E-state index contributed by atoms with van der Waals surface area (Å²) in [5.74, 6) is -1.23. The van der Waals surface area contributed by atoms with Crippen LogP contribution >= 0.6 is 0 Å². The molecule has 0 radical (unpaired) electrons. The first-order chi connectivity index (χ1) is 10.5. The molecule has 6 heteroatoms. The zero-order valence-corrected chi connectivity index (χ0v) is 12.8. The Kier molecular flexibility index (Phi) is 5.16. The molecule has 0 aliphatic rings. The van der Waals surface area contributed by atoms with Gasteiger partial charge in [0.25, 0.3) is 0 Å². The number of rotatable bonds is 5. The van der Waals surface area contributed by atoms with Crippen molar-refractivity contribution in [1.82, 2.24) is 9.88 Å². The van der Waals surface area contributed by atoms with Crippen molar-refractivity contribution in [3.8, 4) is 0 Å². The number of aliphatic hydroxyl groups is 1. The van der Waals surface area contributed by atoms with E-state index in [1.807, 2.05) is 42.9 Å². The summed E-state index contributed by atoms with van der Waals surface area (Å²) in [5, 5.41) is 15.0. The molecule has 1 unspecified atom stereocenters. The highest BCUT2D eigenvalue weighted by Gasteiger charge is 2.14. The van der Waals surface area contributed by atoms with Gasteiger partial charge in [-0.1, -0.05) is 13.0 Å². The molecular weight excluding hydrogens is 282 g/mol. The van der Waals surface area contributed by atoms with Gasteiger partial charge in [-0.15, -0.1) is 0 Å². The summed E-state index contributed by atoms with van der Waals surface area (Å²) >= 11 is 0. The summed E-state index contributed by atoms with van der Waals surface area (Å²) in [5.41, 5.74) is 1.56. The number of nitrogens with zero attached hydrogens (tertiary/aromatic N) is 1. The van der Waals surface area contributed by atoms with Gasteiger partial charge in [0.1, 0.15) is 0 Å². The van der Waals surface area contributed by atoms with Crippen LogP contribution in [-0.2, 0) is 16.6 Å². The second-order valence-electron chi connectivity index (χ2n) is 5.48. The van der Waals surface area contributed by atoms with Gasteiger partial charge in [-0.2, -0.15) is 0 Å². The van der Waals surface area contributed by atoms with E-state index < -0.39 is 11.8 Å². The van der Waals surface area contributed by atoms with Gasteiger partial charge in [0.2, 0.25) is 0 Å². The third-order valence-corrected chi connectivity index (χ3v) is 3.59. The number of hydrogen-bond acceptors (Lipinski definition) is 3. The first-order valence-electron chi connectivity index (χ1n) is 7.26. The van der Waals surface area contributed by atoms with Gasteiger partial charge in [0.05, 0.1) is 0 Å². The lowest BCUT2D eigenvalue weighted by molar-refractivity contribution is -0.136. The van der Waals surface area contributed by atoms with Crippen LogP contribution in [0.2, 0.25) is 0 Å². The number of carbonyl (C=O) groups excluding carboxylic acids is 2. The van der Waals surface area contributed by atoms with E-state index in [-0.39, 0.29) is 12.5 Å². The van der Waals surface area contributed by atoms with Crippen LogP contribution in [0.4, 0.5) is 5.69 Å². The number of benzene rings is 1. The Morgan fingerprint density at radius 2 is 2.05 bits per heavy atom. The van der Waals surface area contributed by atoms with E-state index in [2.05, 4.69) is 10.6 Å². The summed E-state index contributed by atoms with van der Waals surface area (Å²) in [4.78, 5) is 23.6. The molecular formula is C16H21N3O3. The third-order valence-electron chi connectivity index (χ3n) is 3.59. The molecule has 0 fully saturated rings. The van der Waals surface area contributed by atoms with E-state index in [1.165, 1.54) is 0 Å². The monoisotopic (exact) mass is 303 g/mol. The molecule has 2 aromatic rings. The number of fused-ring (bicyclic) bond motifs is 1. The van der Waals surface area contributed by atoms with Crippen molar-refractivity contribution in [2.45, 2.75) is 13.3 Å². The molecule has 2 amide bonds. The van der Waals surface area contributed by atoms with Gasteiger partial charge in [-0.05, 0) is 35.9 Å². The quantitative estimate of drug-likeness (QED) is 0.727. The number of anilines is 1. The molecule has 0 spiro atoms. The average molecular weight is 303 g/mol. The van der Waals surface area contributed by atoms with Gasteiger partial charge < -0.3 is 20.3 Å². The van der Waals surface area contributed by atoms with Crippen LogP contribution in [0.15, 0.2) is 30.5 Å². The summed E-state index contributed by atoms with van der Waals surface area (Å²) < 4.78 is 1.95. The Balaban J connectivity index is 1.94. The molecule has 3 N–H and O–H groups in total. The predicted molar refractivity (Wildman–Crippen MR) is 85.4 cm³/mol. The van der Waals surface area contributed by atoms with Crippen LogP contribution in [0, 0.1) is 5.92 Å². The Morgan fingerprint density at radius 3 is 2.77 bits per heavy atom. The molecule has 22 heavy (non-hydrogen) atoms. The first-order valence-corrected chi connectivity index (χ1v) is 7.26. The smallest absolute Gasteiger partial charge is 0.313 e. The minimum Gasteiger partial charge on any atom is -0.396 e. The number of nitrogens with one attached hydrogen (secondary N) is 2. The fourth-order valence-electron chi connectivity index (χ4n) is 2.20. The molecule has 6 nitrogen and oxygen atoms in total. The molecule has 0 bridgehead atoms. The van der Waals surface area contributed by atoms with Crippen molar-refractivity contribution in [3.05, 3.63) is 30.5 Å². The summed E-state index contributed by atoms with van der Waals surface area (Å²) in [6.07, 6.45) is 2.53. The molecule has 1 atom stereocenters. The summed E-state index contributed by atoms with van der Waals surface area (Å²) in [6.45, 7) is 2.33. The van der Waals surface area contributed by atoms with Crippen LogP contribution in [0.1, 0.15) is 13.3 Å². The normalized spacial score (nSPS) is 12.1. The number of amides is 2. The number of aryl methyl sites for hydroxylation is 1. The molecule has 0 aliphatic heterocycles. The summed E-state index contributed by atoms with van der Waals surface area (Å²) in [7, 11) is 1.92. The van der Waals surface area contributed by atoms with E-state index in [4.69, 9.17) is 5.11 Å². The van der Waals surface area contributed by atoms with E-state index in [0.29, 0.717) is 18.7 Å². The van der Waals surface area contributed by atoms with Crippen LogP contribution in [0.5, 0.6) is 0 Å². The van der Waals surface area contributed by atoms with Crippen LogP contribution < -0.4 is 10.6 Å². The van der Waals surface area contributed by atoms with Gasteiger partial charge in [-0.25, -0.2) is 0 Å². The maximum atomic E-state index is 11.9. The fourth-order valence-corrected chi connectivity index (χ4v) is 2.20.